The van der Waals surface area contributed by atoms with E-state index in [1.165, 1.54) is 5.56 Å². The molecule has 0 heterocycles. The summed E-state index contributed by atoms with van der Waals surface area (Å²) in [5.41, 5.74) is 1.17. The van der Waals surface area contributed by atoms with Crippen LogP contribution in [0.25, 0.3) is 0 Å². The lowest BCUT2D eigenvalue weighted by Crippen LogP contribution is -2.06. The van der Waals surface area contributed by atoms with Crippen LogP contribution in [0.1, 0.15) is 19.4 Å². The summed E-state index contributed by atoms with van der Waals surface area (Å²) >= 11 is 0. The van der Waals surface area contributed by atoms with Crippen molar-refractivity contribution in [1.29, 1.82) is 0 Å². The molecule has 0 radical (unpaired) electrons. The summed E-state index contributed by atoms with van der Waals surface area (Å²) in [7, 11) is -3.51. The highest BCUT2D eigenvalue weighted by Crippen LogP contribution is 2.44. The molecule has 0 bridgehead atoms. The van der Waals surface area contributed by atoms with Gasteiger partial charge in [-0.3, -0.25) is 0 Å². The summed E-state index contributed by atoms with van der Waals surface area (Å²) in [6.07, 6.45) is 3.16. The smallest absolute Gasteiger partial charge is 0.324 e. The van der Waals surface area contributed by atoms with Crippen molar-refractivity contribution < 1.29 is 9.13 Å². The molecule has 0 amide bonds. The molecule has 0 saturated carbocycles. The zero-order chi connectivity index (χ0) is 16.0. The summed E-state index contributed by atoms with van der Waals surface area (Å²) in [4.78, 5) is 0. The number of benzene rings is 2. The normalized spacial score (nSPS) is 12.2. The van der Waals surface area contributed by atoms with Gasteiger partial charge in [0.2, 0.25) is 0 Å². The van der Waals surface area contributed by atoms with Gasteiger partial charge in [0.1, 0.15) is 0 Å². The second-order valence-corrected chi connectivity index (χ2v) is 10.9. The lowest BCUT2D eigenvalue weighted by molar-refractivity contribution is 0.575. The first-order valence-electron chi connectivity index (χ1n) is 7.76. The highest BCUT2D eigenvalue weighted by atomic mass is 31.2. The summed E-state index contributed by atoms with van der Waals surface area (Å²) in [6, 6.07) is 17.4. The Morgan fingerprint density at radius 3 is 1.95 bits per heavy atom. The fraction of sp³-hybridized carbons (Fsp3) is 0.333. The van der Waals surface area contributed by atoms with Gasteiger partial charge in [-0.05, 0) is 48.6 Å². The van der Waals surface area contributed by atoms with E-state index in [9.17, 15) is 9.13 Å². The molecule has 2 rings (SSSR count). The molecule has 22 heavy (non-hydrogen) atoms. The topological polar surface area (TPSA) is 34.1 Å². The molecule has 0 saturated heterocycles. The molecule has 0 N–H and O–H groups in total. The fourth-order valence-corrected chi connectivity index (χ4v) is 5.29. The predicted octanol–water partition coefficient (Wildman–Crippen LogP) is 4.41. The molecule has 2 aromatic rings. The molecule has 2 nitrogen and oxygen atoms in total. The van der Waals surface area contributed by atoms with Gasteiger partial charge in [0, 0.05) is 6.16 Å². The van der Waals surface area contributed by atoms with Crippen molar-refractivity contribution in [3.05, 3.63) is 60.2 Å². The molecule has 0 aliphatic heterocycles. The first-order valence-corrected chi connectivity index (χ1v) is 11.3. The molecule has 0 spiro atoms. The summed E-state index contributed by atoms with van der Waals surface area (Å²) in [5.74, 6) is 0. The third kappa shape index (κ3) is 4.38. The Bertz CT molecular complexity index is 655. The maximum Gasteiger partial charge on any atom is 0.415 e. The molecule has 0 fully saturated rings. The fourth-order valence-electron chi connectivity index (χ4n) is 2.38. The molecule has 0 aliphatic rings. The Balaban J connectivity index is 2.05. The van der Waals surface area contributed by atoms with Crippen LogP contribution in [0.3, 0.4) is 0 Å². The molecule has 2 aromatic carbocycles. The first kappa shape index (κ1) is 17.1. The van der Waals surface area contributed by atoms with Crippen LogP contribution in [0.2, 0.25) is 0 Å². The van der Waals surface area contributed by atoms with E-state index in [1.807, 2.05) is 68.4 Å². The van der Waals surface area contributed by atoms with Crippen molar-refractivity contribution in [2.75, 3.05) is 18.5 Å². The van der Waals surface area contributed by atoms with E-state index in [2.05, 4.69) is 0 Å². The summed E-state index contributed by atoms with van der Waals surface area (Å²) < 4.78 is 24.9. The minimum absolute atomic E-state index is 0.768. The Morgan fingerprint density at radius 2 is 1.41 bits per heavy atom. The van der Waals surface area contributed by atoms with E-state index in [1.54, 1.807) is 0 Å². The molecule has 1 atom stereocenters. The largest absolute Gasteiger partial charge is 0.415 e. The third-order valence-corrected chi connectivity index (χ3v) is 9.00. The van der Waals surface area contributed by atoms with Crippen LogP contribution in [-0.2, 0) is 15.6 Å². The van der Waals surface area contributed by atoms with Gasteiger partial charge in [-0.25, -0.2) is 0 Å². The van der Waals surface area contributed by atoms with E-state index in [0.717, 1.165) is 35.5 Å². The molecular weight excluding hydrogens is 310 g/mol. The molecule has 0 aromatic heterocycles. The maximum atomic E-state index is 12.5. The highest BCUT2D eigenvalue weighted by molar-refractivity contribution is 7.63. The number of aryl methyl sites for hydroxylation is 1. The van der Waals surface area contributed by atoms with Crippen LogP contribution in [0.15, 0.2) is 54.6 Å². The van der Waals surface area contributed by atoms with Crippen LogP contribution >= 0.6 is 14.9 Å². The Hall–Kier alpha value is -1.23. The monoisotopic (exact) mass is 333 g/mol. The van der Waals surface area contributed by atoms with Gasteiger partial charge in [0.15, 0.2) is 10.6 Å². The van der Waals surface area contributed by atoms with Crippen molar-refractivity contribution in [2.45, 2.75) is 20.3 Å². The Morgan fingerprint density at radius 1 is 0.864 bits per heavy atom. The van der Waals surface area contributed by atoms with E-state index in [-0.39, 0.29) is 0 Å². The maximum absolute atomic E-state index is 12.5. The number of hydrogen-bond donors (Lipinski definition) is 0. The first-order chi connectivity index (χ1) is 10.6. The third-order valence-electron chi connectivity index (χ3n) is 4.12. The van der Waals surface area contributed by atoms with Crippen molar-refractivity contribution in [3.8, 4) is 0 Å². The average molecular weight is 333 g/mol. The van der Waals surface area contributed by atoms with Gasteiger partial charge in [0.05, 0.1) is 7.14 Å². The molecule has 4 heteroatoms. The van der Waals surface area contributed by atoms with Gasteiger partial charge in [-0.15, -0.1) is 0 Å². The molecule has 1 unspecified atom stereocenters. The minimum atomic E-state index is -1.98. The van der Waals surface area contributed by atoms with Crippen LogP contribution in [-0.4, -0.2) is 18.5 Å². The summed E-state index contributed by atoms with van der Waals surface area (Å²) in [5, 5.41) is 1.70. The van der Waals surface area contributed by atoms with Crippen LogP contribution in [0, 0.1) is 0 Å². The van der Waals surface area contributed by atoms with Crippen molar-refractivity contribution in [1.82, 2.24) is 0 Å². The zero-order valence-corrected chi connectivity index (χ0v) is 15.0. The lowest BCUT2D eigenvalue weighted by atomic mass is 10.2. The van der Waals surface area contributed by atoms with Gasteiger partial charge in [-0.2, -0.15) is 0 Å². The van der Waals surface area contributed by atoms with Crippen molar-refractivity contribution in [2.24, 2.45) is 0 Å². The number of hydrogen-bond acceptors (Lipinski definition) is 2. The van der Waals surface area contributed by atoms with Crippen molar-refractivity contribution in [3.63, 3.8) is 0 Å². The molecule has 116 valence electrons. The molecule has 0 aliphatic carbocycles. The average Bonchev–Trinajstić information content (AvgIpc) is 2.60. The minimum Gasteiger partial charge on any atom is -0.324 e. The standard InChI is InChI=1S/C18H23O2P2/c1-3-22(20,4-2)15-14-16-10-12-18(13-11-16)21(19)17-8-6-5-7-9-17/h5-13H,3-4,14-15H2,1-2H3/q+1. The van der Waals surface area contributed by atoms with E-state index in [0.29, 0.717) is 0 Å². The van der Waals surface area contributed by atoms with E-state index < -0.39 is 14.9 Å². The zero-order valence-electron chi connectivity index (χ0n) is 13.2. The van der Waals surface area contributed by atoms with Gasteiger partial charge >= 0.3 is 7.80 Å². The Kier molecular flexibility index (Phi) is 6.12. The van der Waals surface area contributed by atoms with Crippen LogP contribution in [0.4, 0.5) is 0 Å². The highest BCUT2D eigenvalue weighted by Gasteiger charge is 2.23. The quantitative estimate of drug-likeness (QED) is 0.703. The lowest BCUT2D eigenvalue weighted by Gasteiger charge is -2.13. The van der Waals surface area contributed by atoms with Crippen LogP contribution in [0.5, 0.6) is 0 Å². The molecular formula is C18H23O2P2+. The second-order valence-electron chi connectivity index (χ2n) is 5.46. The van der Waals surface area contributed by atoms with Crippen LogP contribution < -0.4 is 10.6 Å². The SMILES string of the molecule is CCP(=O)(CC)CCc1ccc([P+](=O)c2ccccc2)cc1. The van der Waals surface area contributed by atoms with E-state index in [4.69, 9.17) is 0 Å². The second kappa shape index (κ2) is 7.86. The summed E-state index contributed by atoms with van der Waals surface area (Å²) in [6.45, 7) is 4.02. The van der Waals surface area contributed by atoms with E-state index >= 15 is 0 Å². The van der Waals surface area contributed by atoms with Gasteiger partial charge < -0.3 is 4.57 Å². The predicted molar refractivity (Wildman–Crippen MR) is 97.0 cm³/mol. The number of rotatable bonds is 7. The van der Waals surface area contributed by atoms with Gasteiger partial charge in [-0.1, -0.05) is 48.7 Å². The Labute approximate surface area is 134 Å². The van der Waals surface area contributed by atoms with Crippen molar-refractivity contribution >= 4 is 25.6 Å². The van der Waals surface area contributed by atoms with Gasteiger partial charge in [0.25, 0.3) is 0 Å².